The van der Waals surface area contributed by atoms with Crippen molar-refractivity contribution in [3.05, 3.63) is 28.2 Å². The third-order valence-corrected chi connectivity index (χ3v) is 4.53. The minimum atomic E-state index is 0.759. The smallest absolute Gasteiger partial charge is 0.0487 e. The molecule has 1 aromatic rings. The standard InChI is InChI=1S/C15H23BrN2/c1-12-6-7-14(16)15(11-12)17-9-8-13-5-3-4-10-18(13)2/h6-7,11,13,17H,3-5,8-10H2,1-2H3. The van der Waals surface area contributed by atoms with Crippen LogP contribution in [0.4, 0.5) is 5.69 Å². The number of benzene rings is 1. The molecule has 1 aliphatic rings. The molecular weight excluding hydrogens is 288 g/mol. The highest BCUT2D eigenvalue weighted by molar-refractivity contribution is 9.10. The summed E-state index contributed by atoms with van der Waals surface area (Å²) < 4.78 is 1.16. The zero-order chi connectivity index (χ0) is 13.0. The molecule has 0 saturated carbocycles. The highest BCUT2D eigenvalue weighted by Gasteiger charge is 2.18. The summed E-state index contributed by atoms with van der Waals surface area (Å²) in [6.07, 6.45) is 5.34. The Morgan fingerprint density at radius 3 is 3.00 bits per heavy atom. The van der Waals surface area contributed by atoms with E-state index in [9.17, 15) is 0 Å². The van der Waals surface area contributed by atoms with Gasteiger partial charge in [0, 0.05) is 22.7 Å². The van der Waals surface area contributed by atoms with Crippen molar-refractivity contribution in [2.75, 3.05) is 25.5 Å². The van der Waals surface area contributed by atoms with Crippen LogP contribution in [-0.2, 0) is 0 Å². The molecule has 1 N–H and O–H groups in total. The monoisotopic (exact) mass is 310 g/mol. The molecule has 2 rings (SSSR count). The van der Waals surface area contributed by atoms with Gasteiger partial charge in [-0.15, -0.1) is 0 Å². The Hall–Kier alpha value is -0.540. The molecule has 0 aliphatic carbocycles. The average molecular weight is 311 g/mol. The van der Waals surface area contributed by atoms with Gasteiger partial charge in [-0.1, -0.05) is 12.5 Å². The van der Waals surface area contributed by atoms with Gasteiger partial charge in [0.2, 0.25) is 0 Å². The van der Waals surface area contributed by atoms with Gasteiger partial charge in [0.25, 0.3) is 0 Å². The van der Waals surface area contributed by atoms with E-state index in [1.54, 1.807) is 0 Å². The largest absolute Gasteiger partial charge is 0.384 e. The number of anilines is 1. The van der Waals surface area contributed by atoms with Gasteiger partial charge in [0.1, 0.15) is 0 Å². The molecular formula is C15H23BrN2. The van der Waals surface area contributed by atoms with Crippen LogP contribution in [0.3, 0.4) is 0 Å². The topological polar surface area (TPSA) is 15.3 Å². The lowest BCUT2D eigenvalue weighted by Gasteiger charge is -2.32. The molecule has 2 nitrogen and oxygen atoms in total. The normalized spacial score (nSPS) is 20.9. The van der Waals surface area contributed by atoms with Crippen LogP contribution in [0.2, 0.25) is 0 Å². The van der Waals surface area contributed by atoms with E-state index in [4.69, 9.17) is 0 Å². The van der Waals surface area contributed by atoms with E-state index < -0.39 is 0 Å². The fourth-order valence-corrected chi connectivity index (χ4v) is 3.04. The maximum absolute atomic E-state index is 3.60. The predicted molar refractivity (Wildman–Crippen MR) is 82.3 cm³/mol. The molecule has 1 saturated heterocycles. The Balaban J connectivity index is 1.82. The fraction of sp³-hybridized carbons (Fsp3) is 0.600. The summed E-state index contributed by atoms with van der Waals surface area (Å²) in [7, 11) is 2.26. The first-order valence-electron chi connectivity index (χ1n) is 6.87. The molecule has 1 atom stereocenters. The van der Waals surface area contributed by atoms with Crippen LogP contribution in [-0.4, -0.2) is 31.1 Å². The van der Waals surface area contributed by atoms with Gasteiger partial charge in [-0.2, -0.15) is 0 Å². The second-order valence-corrected chi connectivity index (χ2v) is 6.18. The third-order valence-electron chi connectivity index (χ3n) is 3.84. The Kier molecular flexibility index (Phi) is 5.07. The van der Waals surface area contributed by atoms with Crippen LogP contribution in [0.1, 0.15) is 31.2 Å². The molecule has 1 heterocycles. The maximum Gasteiger partial charge on any atom is 0.0487 e. The number of rotatable bonds is 4. The Morgan fingerprint density at radius 2 is 2.22 bits per heavy atom. The Labute approximate surface area is 119 Å². The van der Waals surface area contributed by atoms with Crippen molar-refractivity contribution in [3.63, 3.8) is 0 Å². The van der Waals surface area contributed by atoms with E-state index in [1.807, 2.05) is 0 Å². The maximum atomic E-state index is 3.60. The molecule has 18 heavy (non-hydrogen) atoms. The van der Waals surface area contributed by atoms with E-state index in [-0.39, 0.29) is 0 Å². The number of nitrogens with one attached hydrogen (secondary N) is 1. The van der Waals surface area contributed by atoms with Crippen molar-refractivity contribution in [1.29, 1.82) is 0 Å². The van der Waals surface area contributed by atoms with Crippen molar-refractivity contribution in [3.8, 4) is 0 Å². The van der Waals surface area contributed by atoms with Crippen LogP contribution in [0, 0.1) is 6.92 Å². The van der Waals surface area contributed by atoms with Crippen LogP contribution in [0.25, 0.3) is 0 Å². The van der Waals surface area contributed by atoms with E-state index in [0.29, 0.717) is 0 Å². The molecule has 0 radical (unpaired) electrons. The van der Waals surface area contributed by atoms with E-state index in [1.165, 1.54) is 43.5 Å². The lowest BCUT2D eigenvalue weighted by Crippen LogP contribution is -2.37. The second kappa shape index (κ2) is 6.58. The van der Waals surface area contributed by atoms with Crippen LogP contribution in [0.5, 0.6) is 0 Å². The van der Waals surface area contributed by atoms with Gasteiger partial charge >= 0.3 is 0 Å². The zero-order valence-corrected chi connectivity index (χ0v) is 13.0. The van der Waals surface area contributed by atoms with E-state index >= 15 is 0 Å². The minimum absolute atomic E-state index is 0.759. The number of hydrogen-bond acceptors (Lipinski definition) is 2. The summed E-state index contributed by atoms with van der Waals surface area (Å²) in [5, 5.41) is 3.55. The van der Waals surface area contributed by atoms with Gasteiger partial charge in [-0.05, 0) is 73.4 Å². The summed E-state index contributed by atoms with van der Waals surface area (Å²) in [5.74, 6) is 0. The second-order valence-electron chi connectivity index (χ2n) is 5.33. The van der Waals surface area contributed by atoms with Gasteiger partial charge in [-0.3, -0.25) is 0 Å². The quantitative estimate of drug-likeness (QED) is 0.902. The summed E-state index contributed by atoms with van der Waals surface area (Å²) in [6.45, 7) is 4.45. The third kappa shape index (κ3) is 3.72. The molecule has 1 aromatic carbocycles. The Bertz CT molecular complexity index is 392. The minimum Gasteiger partial charge on any atom is -0.384 e. The van der Waals surface area contributed by atoms with Crippen molar-refractivity contribution in [1.82, 2.24) is 4.90 Å². The van der Waals surface area contributed by atoms with Crippen LogP contribution >= 0.6 is 15.9 Å². The van der Waals surface area contributed by atoms with Gasteiger partial charge in [-0.25, -0.2) is 0 Å². The molecule has 100 valence electrons. The number of likely N-dealkylation sites (tertiary alicyclic amines) is 1. The van der Waals surface area contributed by atoms with Gasteiger partial charge in [0.05, 0.1) is 0 Å². The average Bonchev–Trinajstić information content (AvgIpc) is 2.36. The zero-order valence-electron chi connectivity index (χ0n) is 11.4. The van der Waals surface area contributed by atoms with Crippen molar-refractivity contribution < 1.29 is 0 Å². The first-order valence-corrected chi connectivity index (χ1v) is 7.66. The van der Waals surface area contributed by atoms with Crippen LogP contribution < -0.4 is 5.32 Å². The highest BCUT2D eigenvalue weighted by Crippen LogP contribution is 2.24. The first kappa shape index (κ1) is 13.9. The first-order chi connectivity index (χ1) is 8.66. The number of hydrogen-bond donors (Lipinski definition) is 1. The van der Waals surface area contributed by atoms with E-state index in [0.717, 1.165) is 17.1 Å². The lowest BCUT2D eigenvalue weighted by atomic mass is 10.0. The molecule has 0 bridgehead atoms. The molecule has 0 amide bonds. The molecule has 0 spiro atoms. The number of nitrogens with zero attached hydrogens (tertiary/aromatic N) is 1. The Morgan fingerprint density at radius 1 is 1.39 bits per heavy atom. The number of aryl methyl sites for hydroxylation is 1. The molecule has 3 heteroatoms. The molecule has 1 unspecified atom stereocenters. The lowest BCUT2D eigenvalue weighted by molar-refractivity contribution is 0.179. The van der Waals surface area contributed by atoms with E-state index in [2.05, 4.69) is 58.3 Å². The SMILES string of the molecule is Cc1ccc(Br)c(NCCC2CCCCN2C)c1. The van der Waals surface area contributed by atoms with Gasteiger partial charge < -0.3 is 10.2 Å². The summed E-state index contributed by atoms with van der Waals surface area (Å²) in [4.78, 5) is 2.51. The summed E-state index contributed by atoms with van der Waals surface area (Å²) in [6, 6.07) is 7.21. The van der Waals surface area contributed by atoms with Crippen molar-refractivity contribution in [2.24, 2.45) is 0 Å². The van der Waals surface area contributed by atoms with Crippen molar-refractivity contribution >= 4 is 21.6 Å². The molecule has 0 aromatic heterocycles. The predicted octanol–water partition coefficient (Wildman–Crippen LogP) is 4.04. The number of halogens is 1. The fourth-order valence-electron chi connectivity index (χ4n) is 2.66. The number of piperidine rings is 1. The van der Waals surface area contributed by atoms with Crippen molar-refractivity contribution in [2.45, 2.75) is 38.6 Å². The van der Waals surface area contributed by atoms with Crippen LogP contribution in [0.15, 0.2) is 22.7 Å². The summed E-state index contributed by atoms with van der Waals surface area (Å²) in [5.41, 5.74) is 2.52. The summed E-state index contributed by atoms with van der Waals surface area (Å²) >= 11 is 3.60. The molecule has 1 aliphatic heterocycles. The highest BCUT2D eigenvalue weighted by atomic mass is 79.9. The van der Waals surface area contributed by atoms with Gasteiger partial charge in [0.15, 0.2) is 0 Å². The molecule has 1 fully saturated rings.